The summed E-state index contributed by atoms with van der Waals surface area (Å²) < 4.78 is 0. The van der Waals surface area contributed by atoms with E-state index in [0.29, 0.717) is 5.70 Å². The summed E-state index contributed by atoms with van der Waals surface area (Å²) in [6.45, 7) is 1.86. The number of nitrogens with two attached hydrogens (primary N) is 1. The van der Waals surface area contributed by atoms with Crippen molar-refractivity contribution in [2.24, 2.45) is 11.1 Å². The average Bonchev–Trinajstić information content (AvgIpc) is 2.38. The van der Waals surface area contributed by atoms with Crippen molar-refractivity contribution < 1.29 is 15.0 Å². The first kappa shape index (κ1) is 13.0. The summed E-state index contributed by atoms with van der Waals surface area (Å²) in [6, 6.07) is 0. The molecule has 0 aromatic rings. The van der Waals surface area contributed by atoms with Crippen LogP contribution in [0.25, 0.3) is 0 Å². The van der Waals surface area contributed by atoms with E-state index in [1.807, 2.05) is 25.2 Å². The Balaban J connectivity index is 2.33. The van der Waals surface area contributed by atoms with Crippen molar-refractivity contribution in [2.45, 2.75) is 13.3 Å². The van der Waals surface area contributed by atoms with Gasteiger partial charge in [-0.2, -0.15) is 0 Å². The molecule has 1 aliphatic carbocycles. The minimum absolute atomic E-state index is 0.0812. The van der Waals surface area contributed by atoms with Crippen LogP contribution in [-0.2, 0) is 4.79 Å². The first-order valence-corrected chi connectivity index (χ1v) is 5.89. The number of rotatable bonds is 2. The van der Waals surface area contributed by atoms with Crippen molar-refractivity contribution >= 4 is 5.97 Å². The Labute approximate surface area is 111 Å². The Morgan fingerprint density at radius 3 is 2.68 bits per heavy atom. The minimum atomic E-state index is -1.14. The highest BCUT2D eigenvalue weighted by Crippen LogP contribution is 2.38. The Kier molecular flexibility index (Phi) is 3.21. The van der Waals surface area contributed by atoms with Crippen LogP contribution >= 0.6 is 0 Å². The summed E-state index contributed by atoms with van der Waals surface area (Å²) in [5.74, 6) is -1.29. The molecule has 0 saturated carbocycles. The van der Waals surface area contributed by atoms with Crippen LogP contribution in [0, 0.1) is 5.41 Å². The number of hydrogen-bond acceptors (Lipinski definition) is 4. The van der Waals surface area contributed by atoms with Gasteiger partial charge < -0.3 is 21.3 Å². The van der Waals surface area contributed by atoms with Gasteiger partial charge in [0.25, 0.3) is 0 Å². The number of carboxylic acids is 1. The Bertz CT molecular complexity index is 567. The lowest BCUT2D eigenvalue weighted by Gasteiger charge is -2.31. The molecule has 5 nitrogen and oxygen atoms in total. The maximum Gasteiger partial charge on any atom is 0.339 e. The maximum atomic E-state index is 10.9. The lowest BCUT2D eigenvalue weighted by molar-refractivity contribution is -0.132. The van der Waals surface area contributed by atoms with Gasteiger partial charge in [-0.25, -0.2) is 4.79 Å². The molecule has 0 saturated heterocycles. The van der Waals surface area contributed by atoms with Gasteiger partial charge in [0.1, 0.15) is 5.76 Å². The molecule has 1 heterocycles. The van der Waals surface area contributed by atoms with Crippen LogP contribution in [0.1, 0.15) is 13.3 Å². The summed E-state index contributed by atoms with van der Waals surface area (Å²) in [7, 11) is 0. The zero-order chi connectivity index (χ0) is 14.0. The molecule has 19 heavy (non-hydrogen) atoms. The van der Waals surface area contributed by atoms with Crippen molar-refractivity contribution in [2.75, 3.05) is 0 Å². The molecule has 0 radical (unpaired) electrons. The molecule has 0 bridgehead atoms. The third-order valence-electron chi connectivity index (χ3n) is 3.31. The topological polar surface area (TPSA) is 95.6 Å². The Morgan fingerprint density at radius 2 is 2.16 bits per heavy atom. The second kappa shape index (κ2) is 4.68. The molecule has 0 amide bonds. The summed E-state index contributed by atoms with van der Waals surface area (Å²) in [6.07, 6.45) is 10.6. The molecule has 0 aromatic heterocycles. The smallest absolute Gasteiger partial charge is 0.339 e. The normalized spacial score (nSPS) is 28.3. The van der Waals surface area contributed by atoms with Crippen LogP contribution in [0.5, 0.6) is 0 Å². The first-order chi connectivity index (χ1) is 8.94. The predicted molar refractivity (Wildman–Crippen MR) is 71.8 cm³/mol. The number of carboxylic acid groups (broad SMARTS) is 1. The molecule has 1 atom stereocenters. The summed E-state index contributed by atoms with van der Waals surface area (Å²) in [5.41, 5.74) is 6.76. The molecule has 0 spiro atoms. The number of aliphatic hydroxyl groups is 1. The predicted octanol–water partition coefficient (Wildman–Crippen LogP) is 1.69. The fourth-order valence-electron chi connectivity index (χ4n) is 2.11. The van der Waals surface area contributed by atoms with E-state index in [4.69, 9.17) is 10.8 Å². The van der Waals surface area contributed by atoms with Gasteiger partial charge in [-0.1, -0.05) is 19.1 Å². The van der Waals surface area contributed by atoms with Crippen molar-refractivity contribution in [3.63, 3.8) is 0 Å². The van der Waals surface area contributed by atoms with E-state index in [1.165, 1.54) is 6.08 Å². The van der Waals surface area contributed by atoms with Crippen LogP contribution in [0.4, 0.5) is 0 Å². The Morgan fingerprint density at radius 1 is 1.42 bits per heavy atom. The monoisotopic (exact) mass is 260 g/mol. The molecule has 0 aromatic carbocycles. The SMILES string of the molecule is CC1(/C(N)=C2\C=CC=CN2)C=CC(C(=O)O)=C(O)C1. The van der Waals surface area contributed by atoms with E-state index < -0.39 is 11.4 Å². The molecule has 1 aliphatic heterocycles. The summed E-state index contributed by atoms with van der Waals surface area (Å²) >= 11 is 0. The largest absolute Gasteiger partial charge is 0.511 e. The van der Waals surface area contributed by atoms with Crippen molar-refractivity contribution in [1.82, 2.24) is 5.32 Å². The van der Waals surface area contributed by atoms with Gasteiger partial charge in [-0.15, -0.1) is 0 Å². The molecular formula is C14H16N2O3. The van der Waals surface area contributed by atoms with Gasteiger partial charge in [0.05, 0.1) is 11.3 Å². The fourth-order valence-corrected chi connectivity index (χ4v) is 2.11. The lowest BCUT2D eigenvalue weighted by atomic mass is 9.77. The Hall–Kier alpha value is -2.43. The first-order valence-electron chi connectivity index (χ1n) is 5.89. The summed E-state index contributed by atoms with van der Waals surface area (Å²) in [5, 5.41) is 21.8. The maximum absolute atomic E-state index is 10.9. The van der Waals surface area contributed by atoms with E-state index in [9.17, 15) is 9.90 Å². The van der Waals surface area contributed by atoms with E-state index >= 15 is 0 Å². The van der Waals surface area contributed by atoms with Gasteiger partial charge in [0.2, 0.25) is 0 Å². The third-order valence-corrected chi connectivity index (χ3v) is 3.31. The number of allylic oxidation sites excluding steroid dienone is 5. The van der Waals surface area contributed by atoms with Crippen LogP contribution in [0.2, 0.25) is 0 Å². The molecule has 5 N–H and O–H groups in total. The molecule has 0 fully saturated rings. The van der Waals surface area contributed by atoms with Gasteiger partial charge in [0.15, 0.2) is 0 Å². The molecule has 2 rings (SSSR count). The van der Waals surface area contributed by atoms with Gasteiger partial charge >= 0.3 is 5.97 Å². The minimum Gasteiger partial charge on any atom is -0.511 e. The average molecular weight is 260 g/mol. The van der Waals surface area contributed by atoms with Crippen LogP contribution in [0.15, 0.2) is 59.3 Å². The highest BCUT2D eigenvalue weighted by atomic mass is 16.4. The third kappa shape index (κ3) is 2.40. The molecule has 5 heteroatoms. The molecule has 2 aliphatic rings. The van der Waals surface area contributed by atoms with E-state index in [1.54, 1.807) is 12.3 Å². The quantitative estimate of drug-likeness (QED) is 0.606. The molecule has 100 valence electrons. The standard InChI is InChI=1S/C14H16N2O3/c1-14(12(15)10-4-2-3-7-16-10)6-5-9(13(18)19)11(17)8-14/h2-7,16-17H,8,15H2,1H3,(H,18,19)/b12-10-. The van der Waals surface area contributed by atoms with E-state index in [0.717, 1.165) is 5.70 Å². The van der Waals surface area contributed by atoms with Crippen molar-refractivity contribution in [3.05, 3.63) is 59.3 Å². The highest BCUT2D eigenvalue weighted by Gasteiger charge is 2.33. The van der Waals surface area contributed by atoms with Crippen LogP contribution in [0.3, 0.4) is 0 Å². The highest BCUT2D eigenvalue weighted by molar-refractivity contribution is 5.90. The number of aliphatic carboxylic acids is 1. The number of carbonyl (C=O) groups is 1. The molecule has 1 unspecified atom stereocenters. The van der Waals surface area contributed by atoms with E-state index in [2.05, 4.69) is 5.32 Å². The number of hydrogen-bond donors (Lipinski definition) is 4. The zero-order valence-corrected chi connectivity index (χ0v) is 10.6. The fraction of sp³-hybridized carbons (Fsp3) is 0.214. The second-order valence-corrected chi connectivity index (χ2v) is 4.78. The zero-order valence-electron chi connectivity index (χ0n) is 10.6. The summed E-state index contributed by atoms with van der Waals surface area (Å²) in [4.78, 5) is 10.9. The van der Waals surface area contributed by atoms with Crippen LogP contribution < -0.4 is 11.1 Å². The lowest BCUT2D eigenvalue weighted by Crippen LogP contribution is -2.30. The molecular weight excluding hydrogens is 244 g/mol. The number of nitrogens with one attached hydrogen (secondary N) is 1. The van der Waals surface area contributed by atoms with Crippen LogP contribution in [-0.4, -0.2) is 16.2 Å². The number of aliphatic hydroxyl groups excluding tert-OH is 1. The number of dihydropyridines is 1. The van der Waals surface area contributed by atoms with Gasteiger partial charge in [0, 0.05) is 23.7 Å². The van der Waals surface area contributed by atoms with Crippen molar-refractivity contribution in [3.8, 4) is 0 Å². The van der Waals surface area contributed by atoms with E-state index in [-0.39, 0.29) is 17.8 Å². The van der Waals surface area contributed by atoms with Gasteiger partial charge in [-0.3, -0.25) is 0 Å². The second-order valence-electron chi connectivity index (χ2n) is 4.78. The van der Waals surface area contributed by atoms with Crippen molar-refractivity contribution in [1.29, 1.82) is 0 Å². The van der Waals surface area contributed by atoms with Gasteiger partial charge in [-0.05, 0) is 18.2 Å².